The number of halogens is 2. The van der Waals surface area contributed by atoms with Crippen molar-refractivity contribution >= 4 is 16.7 Å². The zero-order valence-corrected chi connectivity index (χ0v) is 9.01. The van der Waals surface area contributed by atoms with Gasteiger partial charge in [-0.3, -0.25) is 4.79 Å². The molecule has 7 heteroatoms. The molecule has 0 amide bonds. The van der Waals surface area contributed by atoms with Gasteiger partial charge in [0.1, 0.15) is 6.54 Å². The average Bonchev–Trinajstić information content (AvgIpc) is 2.32. The Labute approximate surface area is 99.3 Å². The summed E-state index contributed by atoms with van der Waals surface area (Å²) in [6.07, 6.45) is -2.78. The molecule has 0 atom stereocenters. The summed E-state index contributed by atoms with van der Waals surface area (Å²) in [6, 6.07) is 5.88. The van der Waals surface area contributed by atoms with Crippen LogP contribution in [0, 0.1) is 0 Å². The van der Waals surface area contributed by atoms with Gasteiger partial charge in [0.2, 0.25) is 0 Å². The SMILES string of the molecule is O=C(O)c1nn(CC(F)F)c(=O)c2ccccc12. The van der Waals surface area contributed by atoms with Gasteiger partial charge in [0, 0.05) is 5.39 Å². The molecule has 5 nitrogen and oxygen atoms in total. The first-order valence-electron chi connectivity index (χ1n) is 5.02. The number of nitrogens with zero attached hydrogens (tertiary/aromatic N) is 2. The van der Waals surface area contributed by atoms with Crippen LogP contribution < -0.4 is 5.56 Å². The molecule has 18 heavy (non-hydrogen) atoms. The number of hydrogen-bond donors (Lipinski definition) is 1. The third kappa shape index (κ3) is 2.06. The summed E-state index contributed by atoms with van der Waals surface area (Å²) < 4.78 is 25.1. The van der Waals surface area contributed by atoms with Crippen molar-refractivity contribution in [3.8, 4) is 0 Å². The van der Waals surface area contributed by atoms with Crippen molar-refractivity contribution in [2.24, 2.45) is 0 Å². The van der Waals surface area contributed by atoms with E-state index in [1.165, 1.54) is 18.2 Å². The van der Waals surface area contributed by atoms with Gasteiger partial charge < -0.3 is 5.11 Å². The highest BCUT2D eigenvalue weighted by molar-refractivity contribution is 6.01. The van der Waals surface area contributed by atoms with Crippen molar-refractivity contribution in [1.29, 1.82) is 0 Å². The van der Waals surface area contributed by atoms with Crippen LogP contribution in [-0.2, 0) is 6.54 Å². The lowest BCUT2D eigenvalue weighted by Gasteiger charge is -2.07. The molecule has 0 radical (unpaired) electrons. The van der Waals surface area contributed by atoms with E-state index in [2.05, 4.69) is 5.10 Å². The Morgan fingerprint density at radius 3 is 2.50 bits per heavy atom. The maximum absolute atomic E-state index is 12.3. The lowest BCUT2D eigenvalue weighted by Crippen LogP contribution is -2.28. The molecule has 0 spiro atoms. The highest BCUT2D eigenvalue weighted by atomic mass is 19.3. The summed E-state index contributed by atoms with van der Waals surface area (Å²) in [4.78, 5) is 22.8. The van der Waals surface area contributed by atoms with E-state index in [0.29, 0.717) is 4.68 Å². The van der Waals surface area contributed by atoms with Gasteiger partial charge in [-0.2, -0.15) is 5.10 Å². The van der Waals surface area contributed by atoms with E-state index in [4.69, 9.17) is 5.11 Å². The Morgan fingerprint density at radius 1 is 1.33 bits per heavy atom. The Hall–Kier alpha value is -2.31. The molecule has 0 unspecified atom stereocenters. The fraction of sp³-hybridized carbons (Fsp3) is 0.182. The van der Waals surface area contributed by atoms with Gasteiger partial charge in [-0.15, -0.1) is 0 Å². The van der Waals surface area contributed by atoms with E-state index in [9.17, 15) is 18.4 Å². The Balaban J connectivity index is 2.79. The van der Waals surface area contributed by atoms with Gasteiger partial charge in [0.25, 0.3) is 12.0 Å². The molecule has 0 aliphatic heterocycles. The number of carbonyl (C=O) groups is 1. The summed E-state index contributed by atoms with van der Waals surface area (Å²) in [5, 5.41) is 12.6. The predicted octanol–water partition coefficient (Wildman–Crippen LogP) is 1.36. The minimum absolute atomic E-state index is 0.0607. The van der Waals surface area contributed by atoms with Crippen LogP contribution in [0.5, 0.6) is 0 Å². The maximum atomic E-state index is 12.3. The molecule has 0 saturated carbocycles. The van der Waals surface area contributed by atoms with Gasteiger partial charge in [0.05, 0.1) is 5.39 Å². The molecular weight excluding hydrogens is 246 g/mol. The zero-order chi connectivity index (χ0) is 13.3. The highest BCUT2D eigenvalue weighted by Crippen LogP contribution is 2.13. The normalized spacial score (nSPS) is 11.1. The molecule has 1 aromatic carbocycles. The molecule has 0 saturated heterocycles. The van der Waals surface area contributed by atoms with Crippen molar-refractivity contribution < 1.29 is 18.7 Å². The zero-order valence-electron chi connectivity index (χ0n) is 9.01. The minimum atomic E-state index is -2.78. The van der Waals surface area contributed by atoms with Crippen molar-refractivity contribution in [2.45, 2.75) is 13.0 Å². The summed E-state index contributed by atoms with van der Waals surface area (Å²) in [5.74, 6) is -1.37. The Morgan fingerprint density at radius 2 is 1.94 bits per heavy atom. The molecule has 2 aromatic rings. The Kier molecular flexibility index (Phi) is 3.05. The quantitative estimate of drug-likeness (QED) is 0.897. The topological polar surface area (TPSA) is 72.2 Å². The van der Waals surface area contributed by atoms with Crippen LogP contribution in [0.4, 0.5) is 8.78 Å². The predicted molar refractivity (Wildman–Crippen MR) is 59.0 cm³/mol. The first-order chi connectivity index (χ1) is 8.50. The molecule has 1 aromatic heterocycles. The van der Waals surface area contributed by atoms with Crippen molar-refractivity contribution in [3.63, 3.8) is 0 Å². The smallest absolute Gasteiger partial charge is 0.357 e. The molecule has 0 aliphatic carbocycles. The summed E-state index contributed by atoms with van der Waals surface area (Å²) in [6.45, 7) is -0.927. The van der Waals surface area contributed by atoms with Crippen molar-refractivity contribution in [3.05, 3.63) is 40.3 Å². The second kappa shape index (κ2) is 4.52. The van der Waals surface area contributed by atoms with Crippen LogP contribution in [-0.4, -0.2) is 27.3 Å². The monoisotopic (exact) mass is 254 g/mol. The standard InChI is InChI=1S/C11H8F2N2O3/c12-8(13)5-15-10(16)7-4-2-1-3-6(7)9(14-15)11(17)18/h1-4,8H,5H2,(H,17,18). The second-order valence-corrected chi connectivity index (χ2v) is 3.58. The van der Waals surface area contributed by atoms with E-state index in [0.717, 1.165) is 0 Å². The summed E-state index contributed by atoms with van der Waals surface area (Å²) in [5.41, 5.74) is -1.14. The van der Waals surface area contributed by atoms with Gasteiger partial charge >= 0.3 is 5.97 Å². The second-order valence-electron chi connectivity index (χ2n) is 3.58. The molecule has 0 bridgehead atoms. The fourth-order valence-corrected chi connectivity index (χ4v) is 1.65. The Bertz CT molecular complexity index is 667. The third-order valence-electron chi connectivity index (χ3n) is 2.38. The fourth-order valence-electron chi connectivity index (χ4n) is 1.65. The minimum Gasteiger partial charge on any atom is -0.476 e. The van der Waals surface area contributed by atoms with E-state index < -0.39 is 30.2 Å². The number of alkyl halides is 2. The van der Waals surface area contributed by atoms with Crippen molar-refractivity contribution in [1.82, 2.24) is 9.78 Å². The van der Waals surface area contributed by atoms with Gasteiger partial charge in [-0.25, -0.2) is 18.3 Å². The number of hydrogen-bond acceptors (Lipinski definition) is 3. The van der Waals surface area contributed by atoms with Crippen LogP contribution in [0.2, 0.25) is 0 Å². The van der Waals surface area contributed by atoms with E-state index in [1.807, 2.05) is 0 Å². The molecule has 1 N–H and O–H groups in total. The lowest BCUT2D eigenvalue weighted by molar-refractivity contribution is 0.0685. The van der Waals surface area contributed by atoms with E-state index >= 15 is 0 Å². The molecule has 0 fully saturated rings. The number of carboxylic acid groups (broad SMARTS) is 1. The number of aromatic nitrogens is 2. The number of fused-ring (bicyclic) bond motifs is 1. The largest absolute Gasteiger partial charge is 0.476 e. The maximum Gasteiger partial charge on any atom is 0.357 e. The summed E-state index contributed by atoms with van der Waals surface area (Å²) in [7, 11) is 0. The van der Waals surface area contributed by atoms with Crippen LogP contribution in [0.1, 0.15) is 10.5 Å². The van der Waals surface area contributed by atoms with E-state index in [1.54, 1.807) is 6.07 Å². The molecular formula is C11H8F2N2O3. The summed E-state index contributed by atoms with van der Waals surface area (Å²) >= 11 is 0. The molecule has 94 valence electrons. The number of aromatic carboxylic acids is 1. The third-order valence-corrected chi connectivity index (χ3v) is 2.38. The van der Waals surface area contributed by atoms with Crippen molar-refractivity contribution in [2.75, 3.05) is 0 Å². The van der Waals surface area contributed by atoms with Gasteiger partial charge in [-0.05, 0) is 6.07 Å². The van der Waals surface area contributed by atoms with Gasteiger partial charge in [0.15, 0.2) is 5.69 Å². The molecule has 0 aliphatic rings. The van der Waals surface area contributed by atoms with E-state index in [-0.39, 0.29) is 10.8 Å². The highest BCUT2D eigenvalue weighted by Gasteiger charge is 2.17. The number of rotatable bonds is 3. The van der Waals surface area contributed by atoms with Crippen LogP contribution in [0.25, 0.3) is 10.8 Å². The number of carboxylic acids is 1. The average molecular weight is 254 g/mol. The lowest BCUT2D eigenvalue weighted by atomic mass is 10.1. The van der Waals surface area contributed by atoms with Gasteiger partial charge in [-0.1, -0.05) is 18.2 Å². The van der Waals surface area contributed by atoms with Crippen LogP contribution in [0.3, 0.4) is 0 Å². The molecule has 1 heterocycles. The molecule has 2 rings (SSSR count). The van der Waals surface area contributed by atoms with Crippen LogP contribution in [0.15, 0.2) is 29.1 Å². The van der Waals surface area contributed by atoms with Crippen LogP contribution >= 0.6 is 0 Å². The number of benzene rings is 1. The first-order valence-corrected chi connectivity index (χ1v) is 5.02. The first kappa shape index (κ1) is 12.2.